The van der Waals surface area contributed by atoms with Crippen LogP contribution in [0.3, 0.4) is 0 Å². The number of imidazole rings is 1. The highest BCUT2D eigenvalue weighted by Gasteiger charge is 2.04. The predicted octanol–water partition coefficient (Wildman–Crippen LogP) is 3.65. The third kappa shape index (κ3) is 2.02. The monoisotopic (exact) mass is 355 g/mol. The molecule has 0 N–H and O–H groups in total. The fourth-order valence-corrected chi connectivity index (χ4v) is 2.37. The second-order valence-electron chi connectivity index (χ2n) is 3.59. The van der Waals surface area contributed by atoms with Crippen LogP contribution in [-0.4, -0.2) is 14.4 Å². The van der Waals surface area contributed by atoms with E-state index in [1.165, 1.54) is 0 Å². The molecule has 3 aromatic rings. The van der Waals surface area contributed by atoms with E-state index in [0.717, 1.165) is 20.6 Å². The maximum atomic E-state index is 5.97. The van der Waals surface area contributed by atoms with Gasteiger partial charge in [0.1, 0.15) is 3.70 Å². The van der Waals surface area contributed by atoms with Crippen molar-refractivity contribution in [1.82, 2.24) is 14.4 Å². The van der Waals surface area contributed by atoms with Crippen LogP contribution >= 0.6 is 34.2 Å². The third-order valence-electron chi connectivity index (χ3n) is 2.47. The van der Waals surface area contributed by atoms with E-state index < -0.39 is 0 Å². The number of fused-ring (bicyclic) bond motifs is 1. The molecular weight excluding hydrogens is 349 g/mol. The second kappa shape index (κ2) is 4.27. The first-order valence-electron chi connectivity index (χ1n) is 4.98. The van der Waals surface area contributed by atoms with Gasteiger partial charge in [0.05, 0.1) is 18.1 Å². The average molecular weight is 356 g/mol. The molecule has 0 amide bonds. The van der Waals surface area contributed by atoms with Gasteiger partial charge in [0, 0.05) is 16.8 Å². The van der Waals surface area contributed by atoms with Gasteiger partial charge in [0.25, 0.3) is 0 Å². The Morgan fingerprint density at radius 3 is 2.88 bits per heavy atom. The summed E-state index contributed by atoms with van der Waals surface area (Å²) in [6.45, 7) is 0. The summed E-state index contributed by atoms with van der Waals surface area (Å²) in [5.41, 5.74) is 2.74. The van der Waals surface area contributed by atoms with Crippen LogP contribution < -0.4 is 0 Å². The molecule has 5 heteroatoms. The van der Waals surface area contributed by atoms with Crippen LogP contribution in [0.1, 0.15) is 0 Å². The molecule has 0 saturated carbocycles. The summed E-state index contributed by atoms with van der Waals surface area (Å²) >= 11 is 8.22. The van der Waals surface area contributed by atoms with Crippen molar-refractivity contribution in [3.05, 3.63) is 51.6 Å². The van der Waals surface area contributed by atoms with Gasteiger partial charge in [-0.15, -0.1) is 0 Å². The molecule has 0 radical (unpaired) electrons. The minimum atomic E-state index is 0.713. The quantitative estimate of drug-likeness (QED) is 0.624. The van der Waals surface area contributed by atoms with E-state index in [1.807, 2.05) is 41.1 Å². The first kappa shape index (κ1) is 11.0. The molecular formula is C12H7ClIN3. The fourth-order valence-electron chi connectivity index (χ4n) is 1.66. The molecule has 17 heavy (non-hydrogen) atoms. The minimum Gasteiger partial charge on any atom is -0.291 e. The zero-order valence-electron chi connectivity index (χ0n) is 8.64. The number of benzene rings is 1. The Morgan fingerprint density at radius 2 is 2.06 bits per heavy atom. The second-order valence-corrected chi connectivity index (χ2v) is 5.13. The van der Waals surface area contributed by atoms with E-state index in [9.17, 15) is 0 Å². The van der Waals surface area contributed by atoms with Gasteiger partial charge in [0.15, 0.2) is 5.65 Å². The zero-order chi connectivity index (χ0) is 11.8. The van der Waals surface area contributed by atoms with Crippen molar-refractivity contribution in [2.24, 2.45) is 0 Å². The largest absolute Gasteiger partial charge is 0.291 e. The smallest absolute Gasteiger partial charge is 0.156 e. The van der Waals surface area contributed by atoms with E-state index in [2.05, 4.69) is 32.6 Å². The van der Waals surface area contributed by atoms with Crippen molar-refractivity contribution in [3.8, 4) is 11.3 Å². The molecule has 0 bridgehead atoms. The van der Waals surface area contributed by atoms with Gasteiger partial charge >= 0.3 is 0 Å². The number of nitrogens with zero attached hydrogens (tertiary/aromatic N) is 3. The van der Waals surface area contributed by atoms with Crippen LogP contribution in [0.5, 0.6) is 0 Å². The molecule has 0 saturated heterocycles. The summed E-state index contributed by atoms with van der Waals surface area (Å²) < 4.78 is 3.06. The van der Waals surface area contributed by atoms with Crippen LogP contribution in [0.4, 0.5) is 0 Å². The first-order valence-corrected chi connectivity index (χ1v) is 6.44. The van der Waals surface area contributed by atoms with Crippen molar-refractivity contribution >= 4 is 39.8 Å². The zero-order valence-corrected chi connectivity index (χ0v) is 11.6. The summed E-state index contributed by atoms with van der Waals surface area (Å²) in [5, 5.41) is 0.713. The molecule has 2 aromatic heterocycles. The molecule has 0 aliphatic rings. The number of halogens is 2. The summed E-state index contributed by atoms with van der Waals surface area (Å²) in [6, 6.07) is 7.66. The van der Waals surface area contributed by atoms with Crippen molar-refractivity contribution in [1.29, 1.82) is 0 Å². The molecule has 2 heterocycles. The number of hydrogen-bond acceptors (Lipinski definition) is 2. The first-order chi connectivity index (χ1) is 8.24. The van der Waals surface area contributed by atoms with Gasteiger partial charge in [0.2, 0.25) is 0 Å². The van der Waals surface area contributed by atoms with Gasteiger partial charge in [-0.05, 0) is 34.7 Å². The molecule has 0 unspecified atom stereocenters. The van der Waals surface area contributed by atoms with Gasteiger partial charge in [-0.2, -0.15) is 0 Å². The number of rotatable bonds is 1. The third-order valence-corrected chi connectivity index (χ3v) is 3.50. The topological polar surface area (TPSA) is 30.2 Å². The lowest BCUT2D eigenvalue weighted by atomic mass is 10.2. The molecule has 3 rings (SSSR count). The van der Waals surface area contributed by atoms with Crippen LogP contribution in [0.2, 0.25) is 5.02 Å². The molecule has 0 atom stereocenters. The Kier molecular flexibility index (Phi) is 2.76. The summed E-state index contributed by atoms with van der Waals surface area (Å²) in [4.78, 5) is 8.62. The molecule has 3 nitrogen and oxygen atoms in total. The van der Waals surface area contributed by atoms with E-state index in [0.29, 0.717) is 5.02 Å². The Labute approximate surface area is 117 Å². The summed E-state index contributed by atoms with van der Waals surface area (Å²) in [7, 11) is 0. The fraction of sp³-hybridized carbons (Fsp3) is 0. The molecule has 0 fully saturated rings. The Morgan fingerprint density at radius 1 is 1.18 bits per heavy atom. The van der Waals surface area contributed by atoms with E-state index in [-0.39, 0.29) is 0 Å². The molecule has 0 aliphatic carbocycles. The predicted molar refractivity (Wildman–Crippen MR) is 76.2 cm³/mol. The Bertz CT molecular complexity index is 693. The molecule has 1 aromatic carbocycles. The highest BCUT2D eigenvalue weighted by Crippen LogP contribution is 2.21. The highest BCUT2D eigenvalue weighted by atomic mass is 127. The average Bonchev–Trinajstić information content (AvgIpc) is 2.71. The number of aromatic nitrogens is 3. The van der Waals surface area contributed by atoms with Crippen molar-refractivity contribution in [2.75, 3.05) is 0 Å². The minimum absolute atomic E-state index is 0.713. The maximum absolute atomic E-state index is 5.97. The van der Waals surface area contributed by atoms with Crippen molar-refractivity contribution in [3.63, 3.8) is 0 Å². The van der Waals surface area contributed by atoms with Gasteiger partial charge in [-0.1, -0.05) is 23.7 Å². The standard InChI is InChI=1S/C12H7ClIN3/c13-9-3-1-2-8(4-9)10-7-17-11(14)5-16-12(17)6-15-10/h1-7H. The van der Waals surface area contributed by atoms with E-state index in [1.54, 1.807) is 6.20 Å². The van der Waals surface area contributed by atoms with Crippen LogP contribution in [0.25, 0.3) is 16.9 Å². The SMILES string of the molecule is Clc1cccc(-c2cn3c(I)cnc3cn2)c1. The lowest BCUT2D eigenvalue weighted by molar-refractivity contribution is 1.11. The lowest BCUT2D eigenvalue weighted by Gasteiger charge is -2.02. The number of hydrogen-bond donors (Lipinski definition) is 0. The summed E-state index contributed by atoms with van der Waals surface area (Å²) in [6.07, 6.45) is 5.55. The van der Waals surface area contributed by atoms with Gasteiger partial charge in [-0.25, -0.2) is 4.98 Å². The molecule has 84 valence electrons. The lowest BCUT2D eigenvalue weighted by Crippen LogP contribution is -1.92. The molecule has 0 spiro atoms. The Balaban J connectivity index is 2.20. The van der Waals surface area contributed by atoms with Crippen LogP contribution in [-0.2, 0) is 0 Å². The highest BCUT2D eigenvalue weighted by molar-refractivity contribution is 14.1. The van der Waals surface area contributed by atoms with Crippen LogP contribution in [0, 0.1) is 3.70 Å². The van der Waals surface area contributed by atoms with Crippen molar-refractivity contribution in [2.45, 2.75) is 0 Å². The van der Waals surface area contributed by atoms with Crippen LogP contribution in [0.15, 0.2) is 42.9 Å². The van der Waals surface area contributed by atoms with Gasteiger partial charge in [-0.3, -0.25) is 9.38 Å². The maximum Gasteiger partial charge on any atom is 0.156 e. The van der Waals surface area contributed by atoms with Crippen molar-refractivity contribution < 1.29 is 0 Å². The van der Waals surface area contributed by atoms with Gasteiger partial charge < -0.3 is 0 Å². The normalized spacial score (nSPS) is 10.9. The summed E-state index contributed by atoms with van der Waals surface area (Å²) in [5.74, 6) is 0. The van der Waals surface area contributed by atoms with E-state index >= 15 is 0 Å². The van der Waals surface area contributed by atoms with E-state index in [4.69, 9.17) is 11.6 Å². The Hall–Kier alpha value is -1.14. The molecule has 0 aliphatic heterocycles.